The van der Waals surface area contributed by atoms with Gasteiger partial charge in [-0.3, -0.25) is 4.79 Å². The van der Waals surface area contributed by atoms with Gasteiger partial charge in [-0.05, 0) is 46.3 Å². The van der Waals surface area contributed by atoms with Gasteiger partial charge in [0, 0.05) is 10.0 Å². The van der Waals surface area contributed by atoms with Crippen molar-refractivity contribution in [3.8, 4) is 17.6 Å². The highest BCUT2D eigenvalue weighted by atomic mass is 79.9. The molecule has 2 aromatic rings. The molecule has 0 radical (unpaired) electrons. The standard InChI is InChI=1S/C17H14BrNO2/c1-21-14-9-10-16(18)15(12-14)17(20)19-11-5-8-13-6-3-2-4-7-13/h2-4,6-7,9-10,12H,11H2,1H3,(H,19,20). The van der Waals surface area contributed by atoms with Crippen LogP contribution in [0.5, 0.6) is 5.75 Å². The van der Waals surface area contributed by atoms with Crippen LogP contribution in [0.15, 0.2) is 53.0 Å². The molecule has 0 saturated carbocycles. The summed E-state index contributed by atoms with van der Waals surface area (Å²) in [6, 6.07) is 14.9. The second-order valence-electron chi connectivity index (χ2n) is 4.20. The highest BCUT2D eigenvalue weighted by molar-refractivity contribution is 9.10. The zero-order valence-electron chi connectivity index (χ0n) is 11.5. The van der Waals surface area contributed by atoms with E-state index >= 15 is 0 Å². The van der Waals surface area contributed by atoms with Crippen LogP contribution in [-0.4, -0.2) is 19.6 Å². The van der Waals surface area contributed by atoms with Gasteiger partial charge in [0.1, 0.15) is 5.75 Å². The molecule has 106 valence electrons. The van der Waals surface area contributed by atoms with Crippen molar-refractivity contribution in [1.29, 1.82) is 0 Å². The van der Waals surface area contributed by atoms with Crippen molar-refractivity contribution in [2.45, 2.75) is 0 Å². The smallest absolute Gasteiger partial charge is 0.253 e. The van der Waals surface area contributed by atoms with Gasteiger partial charge in [-0.25, -0.2) is 0 Å². The Kier molecular flexibility index (Phi) is 5.42. The van der Waals surface area contributed by atoms with Crippen molar-refractivity contribution < 1.29 is 9.53 Å². The molecule has 2 rings (SSSR count). The third-order valence-corrected chi connectivity index (χ3v) is 3.45. The van der Waals surface area contributed by atoms with Crippen LogP contribution < -0.4 is 10.1 Å². The Morgan fingerprint density at radius 1 is 1.24 bits per heavy atom. The predicted molar refractivity (Wildman–Crippen MR) is 86.3 cm³/mol. The first-order valence-electron chi connectivity index (χ1n) is 6.36. The lowest BCUT2D eigenvalue weighted by atomic mass is 10.2. The Bertz CT molecular complexity index is 687. The molecule has 0 spiro atoms. The predicted octanol–water partition coefficient (Wildman–Crippen LogP) is 3.24. The van der Waals surface area contributed by atoms with E-state index in [2.05, 4.69) is 33.1 Å². The minimum Gasteiger partial charge on any atom is -0.497 e. The van der Waals surface area contributed by atoms with Crippen molar-refractivity contribution >= 4 is 21.8 Å². The fourth-order valence-corrected chi connectivity index (χ4v) is 2.12. The first-order valence-corrected chi connectivity index (χ1v) is 7.15. The molecule has 1 amide bonds. The Morgan fingerprint density at radius 3 is 2.71 bits per heavy atom. The van der Waals surface area contributed by atoms with Gasteiger partial charge in [0.25, 0.3) is 5.91 Å². The number of rotatable bonds is 3. The molecule has 0 aliphatic carbocycles. The van der Waals surface area contributed by atoms with Gasteiger partial charge in [0.2, 0.25) is 0 Å². The SMILES string of the molecule is COc1ccc(Br)c(C(=O)NCC#Cc2ccccc2)c1. The number of halogens is 1. The fraction of sp³-hybridized carbons (Fsp3) is 0.118. The summed E-state index contributed by atoms with van der Waals surface area (Å²) in [6.07, 6.45) is 0. The number of hydrogen-bond acceptors (Lipinski definition) is 2. The maximum atomic E-state index is 12.1. The Labute approximate surface area is 132 Å². The molecule has 0 bridgehead atoms. The first-order chi connectivity index (χ1) is 10.2. The summed E-state index contributed by atoms with van der Waals surface area (Å²) in [7, 11) is 1.57. The van der Waals surface area contributed by atoms with Crippen LogP contribution in [0.1, 0.15) is 15.9 Å². The van der Waals surface area contributed by atoms with Gasteiger partial charge in [-0.15, -0.1) is 0 Å². The minimum atomic E-state index is -0.192. The summed E-state index contributed by atoms with van der Waals surface area (Å²) in [6.45, 7) is 0.289. The lowest BCUT2D eigenvalue weighted by molar-refractivity contribution is 0.0957. The summed E-state index contributed by atoms with van der Waals surface area (Å²) in [5, 5.41) is 2.76. The topological polar surface area (TPSA) is 38.3 Å². The average Bonchev–Trinajstić information content (AvgIpc) is 2.53. The van der Waals surface area contributed by atoms with Crippen LogP contribution in [0.25, 0.3) is 0 Å². The molecule has 1 N–H and O–H groups in total. The van der Waals surface area contributed by atoms with Crippen molar-refractivity contribution in [2.75, 3.05) is 13.7 Å². The number of methoxy groups -OCH3 is 1. The van der Waals surface area contributed by atoms with E-state index in [1.807, 2.05) is 30.3 Å². The molecule has 0 aliphatic rings. The second kappa shape index (κ2) is 7.51. The van der Waals surface area contributed by atoms with E-state index in [0.717, 1.165) is 10.0 Å². The maximum Gasteiger partial charge on any atom is 0.253 e. The quantitative estimate of drug-likeness (QED) is 0.869. The van der Waals surface area contributed by atoms with Gasteiger partial charge < -0.3 is 10.1 Å². The number of benzene rings is 2. The number of carbonyl (C=O) groups is 1. The maximum absolute atomic E-state index is 12.1. The van der Waals surface area contributed by atoms with E-state index in [-0.39, 0.29) is 12.5 Å². The monoisotopic (exact) mass is 343 g/mol. The van der Waals surface area contributed by atoms with Crippen LogP contribution in [0.3, 0.4) is 0 Å². The number of ether oxygens (including phenoxy) is 1. The Hall–Kier alpha value is -2.25. The van der Waals surface area contributed by atoms with Gasteiger partial charge in [-0.2, -0.15) is 0 Å². The van der Waals surface area contributed by atoms with E-state index in [4.69, 9.17) is 4.74 Å². The molecule has 0 heterocycles. The third-order valence-electron chi connectivity index (χ3n) is 2.76. The molecule has 2 aromatic carbocycles. The Balaban J connectivity index is 1.98. The molecule has 0 unspecified atom stereocenters. The zero-order valence-corrected chi connectivity index (χ0v) is 13.1. The van der Waals surface area contributed by atoms with Gasteiger partial charge >= 0.3 is 0 Å². The molecule has 21 heavy (non-hydrogen) atoms. The molecular formula is C17H14BrNO2. The highest BCUT2D eigenvalue weighted by Crippen LogP contribution is 2.22. The van der Waals surface area contributed by atoms with Crippen LogP contribution in [0, 0.1) is 11.8 Å². The van der Waals surface area contributed by atoms with E-state index < -0.39 is 0 Å². The molecule has 4 heteroatoms. The van der Waals surface area contributed by atoms with Crippen LogP contribution in [0.2, 0.25) is 0 Å². The van der Waals surface area contributed by atoms with Crippen molar-refractivity contribution in [3.05, 3.63) is 64.1 Å². The Morgan fingerprint density at radius 2 is 2.00 bits per heavy atom. The molecule has 0 fully saturated rings. The highest BCUT2D eigenvalue weighted by Gasteiger charge is 2.10. The second-order valence-corrected chi connectivity index (χ2v) is 5.05. The minimum absolute atomic E-state index is 0.192. The fourth-order valence-electron chi connectivity index (χ4n) is 1.69. The molecule has 0 atom stereocenters. The lowest BCUT2D eigenvalue weighted by Gasteiger charge is -2.06. The van der Waals surface area contributed by atoms with Crippen LogP contribution in [0.4, 0.5) is 0 Å². The number of hydrogen-bond donors (Lipinski definition) is 1. The number of amides is 1. The first kappa shape index (κ1) is 15.1. The van der Waals surface area contributed by atoms with E-state index in [1.54, 1.807) is 25.3 Å². The summed E-state index contributed by atoms with van der Waals surface area (Å²) in [5.41, 5.74) is 1.45. The van der Waals surface area contributed by atoms with E-state index in [0.29, 0.717) is 11.3 Å². The van der Waals surface area contributed by atoms with Crippen molar-refractivity contribution in [2.24, 2.45) is 0 Å². The van der Waals surface area contributed by atoms with E-state index in [9.17, 15) is 4.79 Å². The molecular weight excluding hydrogens is 330 g/mol. The summed E-state index contributed by atoms with van der Waals surface area (Å²) in [5.74, 6) is 6.36. The summed E-state index contributed by atoms with van der Waals surface area (Å²) >= 11 is 3.35. The number of carbonyl (C=O) groups excluding carboxylic acids is 1. The van der Waals surface area contributed by atoms with Crippen molar-refractivity contribution in [1.82, 2.24) is 5.32 Å². The number of nitrogens with one attached hydrogen (secondary N) is 1. The van der Waals surface area contributed by atoms with Crippen molar-refractivity contribution in [3.63, 3.8) is 0 Å². The van der Waals surface area contributed by atoms with Gasteiger partial charge in [0.05, 0.1) is 19.2 Å². The van der Waals surface area contributed by atoms with Crippen LogP contribution in [-0.2, 0) is 0 Å². The summed E-state index contributed by atoms with van der Waals surface area (Å²) in [4.78, 5) is 12.1. The molecule has 0 aromatic heterocycles. The molecule has 3 nitrogen and oxygen atoms in total. The largest absolute Gasteiger partial charge is 0.497 e. The molecule has 0 saturated heterocycles. The van der Waals surface area contributed by atoms with Gasteiger partial charge in [-0.1, -0.05) is 30.0 Å². The third kappa shape index (κ3) is 4.37. The molecule has 0 aliphatic heterocycles. The lowest BCUT2D eigenvalue weighted by Crippen LogP contribution is -2.24. The van der Waals surface area contributed by atoms with E-state index in [1.165, 1.54) is 0 Å². The average molecular weight is 344 g/mol. The van der Waals surface area contributed by atoms with Crippen LogP contribution >= 0.6 is 15.9 Å². The summed E-state index contributed by atoms with van der Waals surface area (Å²) < 4.78 is 5.83. The van der Waals surface area contributed by atoms with Gasteiger partial charge in [0.15, 0.2) is 0 Å². The normalized spacial score (nSPS) is 9.43. The zero-order chi connectivity index (χ0) is 15.1.